The number of carboxylic acids is 1. The summed E-state index contributed by atoms with van der Waals surface area (Å²) in [4.78, 5) is 11.6. The quantitative estimate of drug-likeness (QED) is 0.619. The van der Waals surface area contributed by atoms with Crippen molar-refractivity contribution in [2.75, 3.05) is 0 Å². The zero-order valence-corrected chi connectivity index (χ0v) is 17.4. The van der Waals surface area contributed by atoms with E-state index in [2.05, 4.69) is 62.3 Å². The van der Waals surface area contributed by atoms with Gasteiger partial charge in [-0.2, -0.15) is 0 Å². The van der Waals surface area contributed by atoms with Crippen LogP contribution in [0, 0.1) is 0 Å². The Morgan fingerprint density at radius 3 is 2.00 bits per heavy atom. The van der Waals surface area contributed by atoms with Gasteiger partial charge in [-0.1, -0.05) is 68.4 Å². The smallest absolute Gasteiger partial charge is 0.336 e. The van der Waals surface area contributed by atoms with E-state index in [1.807, 2.05) is 12.1 Å². The van der Waals surface area contributed by atoms with Crippen LogP contribution in [0.5, 0.6) is 0 Å². The maximum absolute atomic E-state index is 11.6. The van der Waals surface area contributed by atoms with Gasteiger partial charge in [-0.05, 0) is 69.7 Å². The van der Waals surface area contributed by atoms with Gasteiger partial charge < -0.3 is 5.11 Å². The lowest BCUT2D eigenvalue weighted by Gasteiger charge is -2.42. The fraction of sp³-hybridized carbons (Fsp3) is 0.348. The molecule has 3 heteroatoms. The molecule has 0 unspecified atom stereocenters. The van der Waals surface area contributed by atoms with E-state index in [0.717, 1.165) is 28.5 Å². The summed E-state index contributed by atoms with van der Waals surface area (Å²) in [5, 5.41) is 9.52. The Balaban J connectivity index is 2.19. The lowest BCUT2D eigenvalue weighted by Crippen LogP contribution is -2.34. The van der Waals surface area contributed by atoms with Crippen molar-refractivity contribution < 1.29 is 9.90 Å². The third-order valence-corrected chi connectivity index (χ3v) is 6.40. The molecule has 0 bridgehead atoms. The van der Waals surface area contributed by atoms with Crippen molar-refractivity contribution in [1.29, 1.82) is 0 Å². The Labute approximate surface area is 164 Å². The van der Waals surface area contributed by atoms with Gasteiger partial charge in [0.1, 0.15) is 0 Å². The van der Waals surface area contributed by atoms with Gasteiger partial charge in [0, 0.05) is 4.47 Å². The maximum atomic E-state index is 11.6. The van der Waals surface area contributed by atoms with Gasteiger partial charge in [0.2, 0.25) is 0 Å². The van der Waals surface area contributed by atoms with Crippen molar-refractivity contribution in [1.82, 2.24) is 0 Å². The van der Waals surface area contributed by atoms with Crippen LogP contribution in [0.2, 0.25) is 0 Å². The molecule has 0 amide bonds. The molecule has 136 valence electrons. The second-order valence-corrected chi connectivity index (χ2v) is 9.33. The van der Waals surface area contributed by atoms with Crippen LogP contribution >= 0.6 is 15.9 Å². The van der Waals surface area contributed by atoms with Crippen molar-refractivity contribution in [2.45, 2.75) is 51.4 Å². The van der Waals surface area contributed by atoms with Gasteiger partial charge in [0.25, 0.3) is 0 Å². The van der Waals surface area contributed by atoms with Crippen LogP contribution < -0.4 is 0 Å². The number of fused-ring (bicyclic) bond motifs is 1. The number of rotatable bonds is 3. The zero-order chi connectivity index (χ0) is 19.3. The molecule has 0 aromatic heterocycles. The van der Waals surface area contributed by atoms with Crippen molar-refractivity contribution in [3.8, 4) is 0 Å². The van der Waals surface area contributed by atoms with Crippen LogP contribution in [0.3, 0.4) is 0 Å². The third kappa shape index (κ3) is 3.14. The lowest BCUT2D eigenvalue weighted by atomic mass is 9.63. The highest BCUT2D eigenvalue weighted by atomic mass is 79.9. The van der Waals surface area contributed by atoms with E-state index in [0.29, 0.717) is 5.56 Å². The summed E-state index contributed by atoms with van der Waals surface area (Å²) in [6.07, 6.45) is 2.29. The number of aromatic carboxylic acids is 1. The molecule has 0 saturated heterocycles. The first kappa shape index (κ1) is 18.9. The number of benzene rings is 2. The average molecular weight is 413 g/mol. The second kappa shape index (κ2) is 6.38. The SMILES string of the molecule is C=C(c1cc2c(cc1Br)C(C)(C)CCC2(C)C)c1ccccc1C(=O)O. The molecular weight excluding hydrogens is 388 g/mol. The van der Waals surface area contributed by atoms with Gasteiger partial charge in [-0.3, -0.25) is 0 Å². The molecule has 0 heterocycles. The van der Waals surface area contributed by atoms with Crippen molar-refractivity contribution in [2.24, 2.45) is 0 Å². The molecule has 0 fully saturated rings. The zero-order valence-electron chi connectivity index (χ0n) is 15.8. The molecule has 2 aromatic carbocycles. The monoisotopic (exact) mass is 412 g/mol. The minimum Gasteiger partial charge on any atom is -0.478 e. The Morgan fingerprint density at radius 1 is 0.962 bits per heavy atom. The fourth-order valence-electron chi connectivity index (χ4n) is 3.90. The highest BCUT2D eigenvalue weighted by molar-refractivity contribution is 9.10. The van der Waals surface area contributed by atoms with E-state index in [9.17, 15) is 9.90 Å². The molecule has 1 aliphatic rings. The van der Waals surface area contributed by atoms with Gasteiger partial charge in [-0.25, -0.2) is 4.79 Å². The number of carbonyl (C=O) groups is 1. The summed E-state index contributed by atoms with van der Waals surface area (Å²) < 4.78 is 0.965. The summed E-state index contributed by atoms with van der Waals surface area (Å²) >= 11 is 3.72. The molecular formula is C23H25BrO2. The van der Waals surface area contributed by atoms with Crippen molar-refractivity contribution in [3.05, 3.63) is 75.3 Å². The third-order valence-electron chi connectivity index (χ3n) is 5.75. The van der Waals surface area contributed by atoms with Crippen molar-refractivity contribution >= 4 is 27.5 Å². The Morgan fingerprint density at radius 2 is 1.46 bits per heavy atom. The molecule has 1 N–H and O–H groups in total. The second-order valence-electron chi connectivity index (χ2n) is 8.47. The number of carboxylic acid groups (broad SMARTS) is 1. The number of hydrogen-bond donors (Lipinski definition) is 1. The molecule has 26 heavy (non-hydrogen) atoms. The maximum Gasteiger partial charge on any atom is 0.336 e. The topological polar surface area (TPSA) is 37.3 Å². The summed E-state index contributed by atoms with van der Waals surface area (Å²) in [5.41, 5.74) is 5.55. The Hall–Kier alpha value is -1.87. The minimum atomic E-state index is -0.933. The summed E-state index contributed by atoms with van der Waals surface area (Å²) in [6, 6.07) is 11.5. The summed E-state index contributed by atoms with van der Waals surface area (Å²) in [6.45, 7) is 13.4. The highest BCUT2D eigenvalue weighted by Gasteiger charge is 2.37. The molecule has 3 rings (SSSR count). The molecule has 1 aliphatic carbocycles. The minimum absolute atomic E-state index is 0.0902. The van der Waals surface area contributed by atoms with Crippen LogP contribution in [0.1, 0.15) is 73.1 Å². The standard InChI is InChI=1S/C23H25BrO2/c1-14(15-8-6-7-9-16(15)21(25)26)17-12-18-19(13-20(17)24)23(4,5)11-10-22(18,2)3/h6-9,12-13H,1,10-11H2,2-5H3,(H,25,26). The van der Waals surface area contributed by atoms with Crippen LogP contribution in [0.15, 0.2) is 47.4 Å². The fourth-order valence-corrected chi connectivity index (χ4v) is 4.48. The predicted octanol–water partition coefficient (Wildman–Crippen LogP) is 6.56. The van der Waals surface area contributed by atoms with Crippen LogP contribution in [-0.2, 0) is 10.8 Å². The number of halogens is 1. The first-order valence-electron chi connectivity index (χ1n) is 8.91. The molecule has 0 spiro atoms. The van der Waals surface area contributed by atoms with Crippen LogP contribution in [0.4, 0.5) is 0 Å². The molecule has 0 atom stereocenters. The Bertz CT molecular complexity index is 906. The summed E-state index contributed by atoms with van der Waals surface area (Å²) in [5.74, 6) is -0.933. The van der Waals surface area contributed by atoms with E-state index < -0.39 is 5.97 Å². The van der Waals surface area contributed by atoms with Crippen molar-refractivity contribution in [3.63, 3.8) is 0 Å². The average Bonchev–Trinajstić information content (AvgIpc) is 2.58. The molecule has 2 nitrogen and oxygen atoms in total. The van der Waals surface area contributed by atoms with Gasteiger partial charge in [0.15, 0.2) is 0 Å². The molecule has 0 saturated carbocycles. The van der Waals surface area contributed by atoms with E-state index >= 15 is 0 Å². The van der Waals surface area contributed by atoms with E-state index in [1.165, 1.54) is 11.1 Å². The van der Waals surface area contributed by atoms with Gasteiger partial charge in [-0.15, -0.1) is 0 Å². The molecule has 0 aliphatic heterocycles. The van der Waals surface area contributed by atoms with E-state index in [-0.39, 0.29) is 16.4 Å². The number of hydrogen-bond acceptors (Lipinski definition) is 1. The molecule has 0 radical (unpaired) electrons. The largest absolute Gasteiger partial charge is 0.478 e. The van der Waals surface area contributed by atoms with E-state index in [4.69, 9.17) is 0 Å². The first-order valence-corrected chi connectivity index (χ1v) is 9.70. The highest BCUT2D eigenvalue weighted by Crippen LogP contribution is 2.48. The van der Waals surface area contributed by atoms with E-state index in [1.54, 1.807) is 12.1 Å². The van der Waals surface area contributed by atoms with Crippen LogP contribution in [-0.4, -0.2) is 11.1 Å². The summed E-state index contributed by atoms with van der Waals surface area (Å²) in [7, 11) is 0. The normalized spacial score (nSPS) is 17.4. The predicted molar refractivity (Wildman–Crippen MR) is 111 cm³/mol. The Kier molecular flexibility index (Phi) is 4.64. The van der Waals surface area contributed by atoms with Gasteiger partial charge in [0.05, 0.1) is 5.56 Å². The van der Waals surface area contributed by atoms with Crippen LogP contribution in [0.25, 0.3) is 5.57 Å². The van der Waals surface area contributed by atoms with Gasteiger partial charge >= 0.3 is 5.97 Å². The lowest BCUT2D eigenvalue weighted by molar-refractivity contribution is 0.0696. The molecule has 2 aromatic rings. The first-order chi connectivity index (χ1) is 12.0.